The van der Waals surface area contributed by atoms with Crippen LogP contribution in [0, 0.1) is 23.7 Å². The lowest BCUT2D eigenvalue weighted by atomic mass is 9.94. The molecule has 24 nitrogen and oxygen atoms in total. The fourth-order valence-corrected chi connectivity index (χ4v) is 7.62. The van der Waals surface area contributed by atoms with E-state index in [1.807, 2.05) is 6.92 Å². The Morgan fingerprint density at radius 2 is 1.13 bits per heavy atom. The van der Waals surface area contributed by atoms with Crippen molar-refractivity contribution < 1.29 is 53.1 Å². The molecule has 1 aliphatic rings. The number of likely N-dealkylation sites (N-methyl/N-ethyl adjacent to an activating group) is 2. The van der Waals surface area contributed by atoms with Gasteiger partial charge in [0.1, 0.15) is 42.3 Å². The summed E-state index contributed by atoms with van der Waals surface area (Å²) in [6.45, 7) is 18.2. The van der Waals surface area contributed by atoms with Crippen molar-refractivity contribution in [2.24, 2.45) is 40.1 Å². The van der Waals surface area contributed by atoms with Crippen molar-refractivity contribution in [3.8, 4) is 0 Å². The van der Waals surface area contributed by atoms with E-state index in [0.29, 0.717) is 51.6 Å². The normalized spacial score (nSPS) is 17.5. The van der Waals surface area contributed by atoms with Crippen LogP contribution in [-0.4, -0.2) is 168 Å². The zero-order chi connectivity index (χ0) is 54.3. The number of amides is 10. The van der Waals surface area contributed by atoms with Gasteiger partial charge in [-0.25, -0.2) is 0 Å². The third kappa shape index (κ3) is 20.7. The molecule has 1 heterocycles. The Hall–Kier alpha value is -6.07. The molecular weight excluding hydrogens is 923 g/mol. The lowest BCUT2D eigenvalue weighted by Gasteiger charge is -2.33. The molecule has 0 aromatic heterocycles. The number of likely N-dealkylation sites (tertiary alicyclic amines) is 1. The number of nitrogens with zero attached hydrogens (tertiary/aromatic N) is 3. The van der Waals surface area contributed by atoms with Gasteiger partial charge in [-0.15, -0.1) is 0 Å². The molecule has 404 valence electrons. The van der Waals surface area contributed by atoms with Crippen molar-refractivity contribution >= 4 is 65.0 Å². The van der Waals surface area contributed by atoms with Gasteiger partial charge in [0.25, 0.3) is 0 Å². The lowest BCUT2D eigenvalue weighted by Crippen LogP contribution is -2.63. The number of carbonyl (C=O) groups is 10. The molecular formula is C47H85N13O11. The highest BCUT2D eigenvalue weighted by Crippen LogP contribution is 2.21. The molecule has 0 aliphatic carbocycles. The zero-order valence-electron chi connectivity index (χ0n) is 43.9. The Bertz CT molecular complexity index is 1860. The summed E-state index contributed by atoms with van der Waals surface area (Å²) in [5.41, 5.74) is 11.0. The molecule has 10 amide bonds. The summed E-state index contributed by atoms with van der Waals surface area (Å²) in [5, 5.41) is 32.1. The molecule has 1 rings (SSSR count). The van der Waals surface area contributed by atoms with Crippen LogP contribution in [0.25, 0.3) is 0 Å². The third-order valence-electron chi connectivity index (χ3n) is 12.8. The Labute approximate surface area is 418 Å². The lowest BCUT2D eigenvalue weighted by molar-refractivity contribution is -0.142. The number of aliphatic imine (C=N–C) groups is 1. The van der Waals surface area contributed by atoms with Gasteiger partial charge in [-0.1, -0.05) is 74.7 Å². The van der Waals surface area contributed by atoms with Gasteiger partial charge in [0.05, 0.1) is 19.2 Å². The van der Waals surface area contributed by atoms with Crippen molar-refractivity contribution in [2.75, 3.05) is 39.8 Å². The summed E-state index contributed by atoms with van der Waals surface area (Å²) in [7, 11) is 1.42. The molecule has 24 heteroatoms. The molecule has 0 bridgehead atoms. The Kier molecular flexibility index (Phi) is 27.8. The minimum absolute atomic E-state index is 0.111. The Balaban J connectivity index is 3.37. The van der Waals surface area contributed by atoms with Crippen LogP contribution in [-0.2, 0) is 47.9 Å². The maximum atomic E-state index is 14.3. The van der Waals surface area contributed by atoms with Gasteiger partial charge in [-0.3, -0.25) is 52.9 Å². The van der Waals surface area contributed by atoms with Crippen molar-refractivity contribution in [3.63, 3.8) is 0 Å². The average molecular weight is 1010 g/mol. The highest BCUT2D eigenvalue weighted by molar-refractivity contribution is 5.98. The molecule has 0 radical (unpaired) electrons. The first-order valence-corrected chi connectivity index (χ1v) is 24.9. The summed E-state index contributed by atoms with van der Waals surface area (Å²) in [6, 6.07) is -8.39. The van der Waals surface area contributed by atoms with E-state index < -0.39 is 126 Å². The molecule has 71 heavy (non-hydrogen) atoms. The fraction of sp³-hybridized carbons (Fsp3) is 0.766. The van der Waals surface area contributed by atoms with E-state index in [1.54, 1.807) is 55.4 Å². The van der Waals surface area contributed by atoms with Crippen molar-refractivity contribution in [1.82, 2.24) is 52.3 Å². The van der Waals surface area contributed by atoms with Crippen LogP contribution >= 0.6 is 0 Å². The molecule has 1 fully saturated rings. The van der Waals surface area contributed by atoms with Gasteiger partial charge in [-0.2, -0.15) is 0 Å². The van der Waals surface area contributed by atoms with E-state index in [0.717, 1.165) is 4.90 Å². The highest BCUT2D eigenvalue weighted by atomic mass is 16.3. The number of nitrogens with two attached hydrogens (primary N) is 2. The number of carbonyl (C=O) groups excluding carboxylic acids is 10. The van der Waals surface area contributed by atoms with E-state index in [2.05, 4.69) is 47.5 Å². The van der Waals surface area contributed by atoms with Gasteiger partial charge < -0.3 is 68.9 Å². The van der Waals surface area contributed by atoms with Gasteiger partial charge in [0.15, 0.2) is 5.96 Å². The quantitative estimate of drug-likeness (QED) is 0.0208. The van der Waals surface area contributed by atoms with Crippen molar-refractivity contribution in [2.45, 2.75) is 170 Å². The summed E-state index contributed by atoms with van der Waals surface area (Å²) in [5.74, 6) is -8.53. The molecule has 0 aromatic carbocycles. The highest BCUT2D eigenvalue weighted by Gasteiger charge is 2.41. The number of hydrogen-bond donors (Lipinski definition) is 11. The molecule has 0 unspecified atom stereocenters. The minimum Gasteiger partial charge on any atom is -0.391 e. The van der Waals surface area contributed by atoms with E-state index in [4.69, 9.17) is 11.5 Å². The summed E-state index contributed by atoms with van der Waals surface area (Å²) >= 11 is 0. The number of aliphatic hydroxyl groups excluding tert-OH is 1. The predicted molar refractivity (Wildman–Crippen MR) is 266 cm³/mol. The van der Waals surface area contributed by atoms with E-state index in [-0.39, 0.29) is 37.3 Å². The summed E-state index contributed by atoms with van der Waals surface area (Å²) in [6.07, 6.45) is 1.10. The third-order valence-corrected chi connectivity index (χ3v) is 12.8. The number of aliphatic hydroxyl groups is 1. The molecule has 1 saturated heterocycles. The van der Waals surface area contributed by atoms with Crippen LogP contribution in [0.1, 0.15) is 121 Å². The van der Waals surface area contributed by atoms with Gasteiger partial charge in [0, 0.05) is 33.6 Å². The molecule has 0 saturated carbocycles. The van der Waals surface area contributed by atoms with Gasteiger partial charge in [0.2, 0.25) is 59.1 Å². The topological polar surface area (TPSA) is 358 Å². The van der Waals surface area contributed by atoms with Gasteiger partial charge in [-0.05, 0) is 63.2 Å². The molecule has 11 atom stereocenters. The maximum absolute atomic E-state index is 14.3. The number of rotatable bonds is 30. The zero-order valence-corrected chi connectivity index (χ0v) is 43.9. The van der Waals surface area contributed by atoms with Crippen LogP contribution in [0.4, 0.5) is 0 Å². The molecule has 0 aromatic rings. The van der Waals surface area contributed by atoms with E-state index in [1.165, 1.54) is 25.8 Å². The largest absolute Gasteiger partial charge is 0.391 e. The van der Waals surface area contributed by atoms with E-state index in [9.17, 15) is 53.1 Å². The summed E-state index contributed by atoms with van der Waals surface area (Å²) in [4.78, 5) is 140. The number of nitrogens with one attached hydrogen (secondary N) is 8. The van der Waals surface area contributed by atoms with Crippen LogP contribution in [0.3, 0.4) is 0 Å². The molecule has 0 spiro atoms. The first-order chi connectivity index (χ1) is 33.3. The van der Waals surface area contributed by atoms with Crippen molar-refractivity contribution in [1.29, 1.82) is 0 Å². The monoisotopic (exact) mass is 1010 g/mol. The first kappa shape index (κ1) is 62.9. The summed E-state index contributed by atoms with van der Waals surface area (Å²) < 4.78 is 0. The first-order valence-electron chi connectivity index (χ1n) is 24.9. The fourth-order valence-electron chi connectivity index (χ4n) is 7.62. The average Bonchev–Trinajstić information content (AvgIpc) is 3.81. The maximum Gasteiger partial charge on any atom is 0.245 e. The van der Waals surface area contributed by atoms with Gasteiger partial charge >= 0.3 is 0 Å². The van der Waals surface area contributed by atoms with Crippen LogP contribution in [0.2, 0.25) is 0 Å². The standard InChI is InChI=1S/C47H85N13O11/c1-13-26(7)36(42(67)53-31(19-17-21-51-47(48)49)46(71)60-22-18-20-32(60)40(65)50-16-4)56-43(68)37(27(8)14-2)57-45(70)39(29(10)61)58-44(69)38(28(9)15-3)55-41(66)35(25(5)6)54-33(63)23-52-34(64)24-59(12)30(11)62/h25-29,31-32,35-39,61H,13-24H2,1-12H3,(H,50,65)(H,52,64)(H,53,67)(H,54,63)(H,55,66)(H,56,68)(H,57,70)(H,58,69)(H4,48,49,51)/t26-,27-,28-,29+,31-,32-,35-,36-,37-,38+,39-/m0/s1. The molecule has 13 N–H and O–H groups in total. The second-order valence-electron chi connectivity index (χ2n) is 18.9. The van der Waals surface area contributed by atoms with Crippen LogP contribution < -0.4 is 54.0 Å². The van der Waals surface area contributed by atoms with Crippen LogP contribution in [0.5, 0.6) is 0 Å². The second-order valence-corrected chi connectivity index (χ2v) is 18.9. The smallest absolute Gasteiger partial charge is 0.245 e. The van der Waals surface area contributed by atoms with Crippen molar-refractivity contribution in [3.05, 3.63) is 0 Å². The SMILES string of the molecule is CCNC(=O)[C@@H]1CCCN1C(=O)[C@H](CCCN=C(N)N)NC(=O)[C@@H](NC(=O)[C@@H](NC(=O)[C@@H](NC(=O)[C@H](NC(=O)[C@@H](NC(=O)CNC(=O)CN(C)C(C)=O)C(C)C)[C@@H](C)CC)[C@@H](C)O)[C@@H](C)CC)[C@@H](C)CC. The minimum atomic E-state index is -1.63. The Morgan fingerprint density at radius 1 is 0.662 bits per heavy atom. The van der Waals surface area contributed by atoms with Crippen LogP contribution in [0.15, 0.2) is 4.99 Å². The number of guanidine groups is 1. The predicted octanol–water partition coefficient (Wildman–Crippen LogP) is -2.15. The molecule has 1 aliphatic heterocycles. The van der Waals surface area contributed by atoms with E-state index >= 15 is 0 Å². The Morgan fingerprint density at radius 3 is 1.56 bits per heavy atom. The number of hydrogen-bond acceptors (Lipinski definition) is 12. The second kappa shape index (κ2) is 31.3.